The summed E-state index contributed by atoms with van der Waals surface area (Å²) in [4.78, 5) is 26.9. The Morgan fingerprint density at radius 3 is 2.68 bits per heavy atom. The molecule has 2 atom stereocenters. The minimum atomic E-state index is -0.621. The number of carbonyl (C=O) groups is 2. The smallest absolute Gasteiger partial charge is 0.263 e. The third-order valence-electron chi connectivity index (χ3n) is 5.14. The summed E-state index contributed by atoms with van der Waals surface area (Å²) in [6.07, 6.45) is 4.69. The van der Waals surface area contributed by atoms with Gasteiger partial charge in [-0.3, -0.25) is 9.59 Å². The minimum Gasteiger partial charge on any atom is -0.481 e. The van der Waals surface area contributed by atoms with Gasteiger partial charge in [-0.2, -0.15) is 0 Å². The van der Waals surface area contributed by atoms with Gasteiger partial charge in [-0.05, 0) is 67.3 Å². The molecule has 0 unspecified atom stereocenters. The van der Waals surface area contributed by atoms with E-state index in [4.69, 9.17) is 4.74 Å². The highest BCUT2D eigenvalue weighted by Crippen LogP contribution is 2.23. The summed E-state index contributed by atoms with van der Waals surface area (Å²) in [6.45, 7) is 2.87. The molecular weight excluding hydrogens is 360 g/mol. The molecule has 0 radical (unpaired) electrons. The molecule has 2 heterocycles. The Bertz CT molecular complexity index is 819. The van der Waals surface area contributed by atoms with Gasteiger partial charge < -0.3 is 15.0 Å². The van der Waals surface area contributed by atoms with E-state index in [9.17, 15) is 9.59 Å². The number of carbonyl (C=O) groups excluding carboxylic acids is 2. The maximum absolute atomic E-state index is 12.8. The first-order chi connectivity index (χ1) is 13.6. The van der Waals surface area contributed by atoms with E-state index in [1.165, 1.54) is 6.33 Å². The maximum atomic E-state index is 12.8. The number of rotatable bonds is 6. The van der Waals surface area contributed by atoms with Gasteiger partial charge in [0.15, 0.2) is 6.10 Å². The molecular formula is C19H24N6O3. The zero-order valence-corrected chi connectivity index (χ0v) is 15.8. The number of nitrogens with zero attached hydrogens (tertiary/aromatic N) is 5. The van der Waals surface area contributed by atoms with Crippen molar-refractivity contribution in [2.24, 2.45) is 5.92 Å². The second-order valence-corrected chi connectivity index (χ2v) is 7.41. The van der Waals surface area contributed by atoms with Crippen LogP contribution in [0.4, 0.5) is 0 Å². The number of ether oxygens (including phenoxy) is 1. The lowest BCUT2D eigenvalue weighted by Crippen LogP contribution is -2.49. The number of nitrogens with one attached hydrogen (secondary N) is 1. The van der Waals surface area contributed by atoms with Crippen LogP contribution in [0.2, 0.25) is 0 Å². The van der Waals surface area contributed by atoms with E-state index < -0.39 is 6.10 Å². The standard InChI is InChI=1S/C19H24N6O3/c1-13(28-17-8-6-16(7-9-17)25-12-20-22-23-25)19(27)24-10-2-3-14(11-24)18(26)21-15-4-5-15/h6-9,12-15H,2-5,10-11H2,1H3,(H,21,26)/t13-,14+/m1/s1. The summed E-state index contributed by atoms with van der Waals surface area (Å²) >= 11 is 0. The predicted octanol–water partition coefficient (Wildman–Crippen LogP) is 0.947. The molecule has 0 bridgehead atoms. The normalized spacial score (nSPS) is 20.5. The lowest BCUT2D eigenvalue weighted by atomic mass is 9.96. The van der Waals surface area contributed by atoms with Crippen molar-refractivity contribution in [2.75, 3.05) is 13.1 Å². The van der Waals surface area contributed by atoms with Crippen LogP contribution in [0.3, 0.4) is 0 Å². The van der Waals surface area contributed by atoms with Crippen LogP contribution >= 0.6 is 0 Å². The summed E-state index contributed by atoms with van der Waals surface area (Å²) in [5.74, 6) is 0.457. The molecule has 1 N–H and O–H groups in total. The lowest BCUT2D eigenvalue weighted by Gasteiger charge is -2.33. The number of hydrogen-bond acceptors (Lipinski definition) is 6. The van der Waals surface area contributed by atoms with E-state index in [0.29, 0.717) is 24.9 Å². The molecule has 2 aliphatic rings. The molecule has 0 spiro atoms. The number of aromatic nitrogens is 4. The highest BCUT2D eigenvalue weighted by Gasteiger charge is 2.33. The van der Waals surface area contributed by atoms with Gasteiger partial charge in [0.2, 0.25) is 5.91 Å². The molecule has 2 amide bonds. The third-order valence-corrected chi connectivity index (χ3v) is 5.14. The number of piperidine rings is 1. The fourth-order valence-electron chi connectivity index (χ4n) is 3.41. The van der Waals surface area contributed by atoms with E-state index >= 15 is 0 Å². The van der Waals surface area contributed by atoms with Gasteiger partial charge in [-0.25, -0.2) is 4.68 Å². The molecule has 9 nitrogen and oxygen atoms in total. The Labute approximate surface area is 163 Å². The largest absolute Gasteiger partial charge is 0.481 e. The zero-order chi connectivity index (χ0) is 19.5. The number of amides is 2. The van der Waals surface area contributed by atoms with Gasteiger partial charge in [0.05, 0.1) is 11.6 Å². The Hall–Kier alpha value is -2.97. The van der Waals surface area contributed by atoms with Crippen LogP contribution in [0.25, 0.3) is 5.69 Å². The molecule has 28 heavy (non-hydrogen) atoms. The average molecular weight is 384 g/mol. The monoisotopic (exact) mass is 384 g/mol. The number of hydrogen-bond donors (Lipinski definition) is 1. The summed E-state index contributed by atoms with van der Waals surface area (Å²) in [7, 11) is 0. The number of likely N-dealkylation sites (tertiary alicyclic amines) is 1. The SMILES string of the molecule is C[C@@H](Oc1ccc(-n2cnnn2)cc1)C(=O)N1CCC[C@H](C(=O)NC2CC2)C1. The van der Waals surface area contributed by atoms with Crippen LogP contribution in [-0.4, -0.2) is 62.2 Å². The third kappa shape index (κ3) is 4.29. The van der Waals surface area contributed by atoms with Gasteiger partial charge in [0.25, 0.3) is 5.91 Å². The fraction of sp³-hybridized carbons (Fsp3) is 0.526. The van der Waals surface area contributed by atoms with Crippen molar-refractivity contribution in [3.63, 3.8) is 0 Å². The molecule has 2 aromatic rings. The van der Waals surface area contributed by atoms with Gasteiger partial charge in [-0.1, -0.05) is 0 Å². The Balaban J connectivity index is 1.32. The van der Waals surface area contributed by atoms with Gasteiger partial charge in [0, 0.05) is 19.1 Å². The molecule has 1 saturated carbocycles. The number of tetrazole rings is 1. The van der Waals surface area contributed by atoms with E-state index in [0.717, 1.165) is 31.4 Å². The van der Waals surface area contributed by atoms with E-state index in [1.54, 1.807) is 28.6 Å². The molecule has 1 aliphatic carbocycles. The van der Waals surface area contributed by atoms with Crippen molar-refractivity contribution < 1.29 is 14.3 Å². The fourth-order valence-corrected chi connectivity index (χ4v) is 3.41. The Morgan fingerprint density at radius 2 is 2.00 bits per heavy atom. The zero-order valence-electron chi connectivity index (χ0n) is 15.8. The summed E-state index contributed by atoms with van der Waals surface area (Å²) in [5.41, 5.74) is 0.803. The van der Waals surface area contributed by atoms with Crippen LogP contribution in [-0.2, 0) is 9.59 Å². The molecule has 1 aliphatic heterocycles. The van der Waals surface area contributed by atoms with E-state index in [-0.39, 0.29) is 17.7 Å². The second kappa shape index (κ2) is 7.95. The van der Waals surface area contributed by atoms with Crippen molar-refractivity contribution in [2.45, 2.75) is 44.8 Å². The quantitative estimate of drug-likeness (QED) is 0.795. The van der Waals surface area contributed by atoms with Gasteiger partial charge >= 0.3 is 0 Å². The molecule has 2 fully saturated rings. The summed E-state index contributed by atoms with van der Waals surface area (Å²) in [6, 6.07) is 7.55. The highest BCUT2D eigenvalue weighted by molar-refractivity contribution is 5.83. The van der Waals surface area contributed by atoms with E-state index in [2.05, 4.69) is 20.8 Å². The molecule has 4 rings (SSSR count). The first-order valence-corrected chi connectivity index (χ1v) is 9.69. The molecule has 9 heteroatoms. The minimum absolute atomic E-state index is 0.0757. The van der Waals surface area contributed by atoms with Gasteiger partial charge in [0.1, 0.15) is 12.1 Å². The predicted molar refractivity (Wildman–Crippen MR) is 99.7 cm³/mol. The molecule has 148 valence electrons. The highest BCUT2D eigenvalue weighted by atomic mass is 16.5. The van der Waals surface area contributed by atoms with Crippen LogP contribution in [0.5, 0.6) is 5.75 Å². The first kappa shape index (κ1) is 18.4. The molecule has 1 aromatic carbocycles. The first-order valence-electron chi connectivity index (χ1n) is 9.69. The van der Waals surface area contributed by atoms with Crippen molar-refractivity contribution >= 4 is 11.8 Å². The van der Waals surface area contributed by atoms with Gasteiger partial charge in [-0.15, -0.1) is 5.10 Å². The summed E-state index contributed by atoms with van der Waals surface area (Å²) < 4.78 is 7.36. The van der Waals surface area contributed by atoms with E-state index in [1.807, 2.05) is 12.1 Å². The molecule has 1 saturated heterocycles. The number of benzene rings is 1. The van der Waals surface area contributed by atoms with Crippen LogP contribution in [0.1, 0.15) is 32.6 Å². The lowest BCUT2D eigenvalue weighted by molar-refractivity contribution is -0.141. The van der Waals surface area contributed by atoms with Crippen molar-refractivity contribution in [3.8, 4) is 11.4 Å². The Kier molecular flexibility index (Phi) is 5.23. The van der Waals surface area contributed by atoms with Crippen LogP contribution in [0.15, 0.2) is 30.6 Å². The second-order valence-electron chi connectivity index (χ2n) is 7.41. The topological polar surface area (TPSA) is 102 Å². The summed E-state index contributed by atoms with van der Waals surface area (Å²) in [5, 5.41) is 14.1. The van der Waals surface area contributed by atoms with Crippen LogP contribution in [0, 0.1) is 5.92 Å². The molecule has 1 aromatic heterocycles. The van der Waals surface area contributed by atoms with Crippen LogP contribution < -0.4 is 10.1 Å². The van der Waals surface area contributed by atoms with Crippen molar-refractivity contribution in [1.29, 1.82) is 0 Å². The Morgan fingerprint density at radius 1 is 1.21 bits per heavy atom. The average Bonchev–Trinajstić information content (AvgIpc) is 3.36. The van der Waals surface area contributed by atoms with Crippen molar-refractivity contribution in [3.05, 3.63) is 30.6 Å². The van der Waals surface area contributed by atoms with Crippen molar-refractivity contribution in [1.82, 2.24) is 30.4 Å². The maximum Gasteiger partial charge on any atom is 0.263 e.